The molecule has 0 spiro atoms. The molecule has 2 amide bonds. The van der Waals surface area contributed by atoms with Crippen LogP contribution in [0.25, 0.3) is 0 Å². The summed E-state index contributed by atoms with van der Waals surface area (Å²) < 4.78 is 7.52. The van der Waals surface area contributed by atoms with E-state index in [2.05, 4.69) is 10.3 Å². The molecule has 35 heavy (non-hydrogen) atoms. The van der Waals surface area contributed by atoms with Crippen LogP contribution < -0.4 is 5.32 Å². The van der Waals surface area contributed by atoms with E-state index < -0.39 is 0 Å². The fourth-order valence-corrected chi connectivity index (χ4v) is 6.02. The number of halogens is 1. The van der Waals surface area contributed by atoms with Gasteiger partial charge in [0.25, 0.3) is 5.91 Å². The molecular formula is C23H27ClN6O3S2. The van der Waals surface area contributed by atoms with Crippen LogP contribution in [0.4, 0.5) is 10.6 Å². The Balaban J connectivity index is 1.32. The van der Waals surface area contributed by atoms with Crippen molar-refractivity contribution in [1.82, 2.24) is 24.6 Å². The number of nitrogens with zero attached hydrogens (tertiary/aromatic N) is 5. The number of thiazole rings is 1. The van der Waals surface area contributed by atoms with E-state index in [4.69, 9.17) is 21.4 Å². The lowest BCUT2D eigenvalue weighted by molar-refractivity contribution is 0.0435. The minimum absolute atomic E-state index is 0.0927. The molecule has 12 heteroatoms. The predicted molar refractivity (Wildman–Crippen MR) is 137 cm³/mol. The smallest absolute Gasteiger partial charge is 0.320 e. The lowest BCUT2D eigenvalue weighted by Gasteiger charge is -2.32. The molecule has 0 bridgehead atoms. The summed E-state index contributed by atoms with van der Waals surface area (Å²) in [5.41, 5.74) is 2.88. The van der Waals surface area contributed by atoms with Crippen molar-refractivity contribution in [1.29, 1.82) is 0 Å². The van der Waals surface area contributed by atoms with Gasteiger partial charge in [-0.05, 0) is 31.4 Å². The van der Waals surface area contributed by atoms with E-state index in [0.717, 1.165) is 40.7 Å². The molecule has 1 unspecified atom stereocenters. The Labute approximate surface area is 216 Å². The topological polar surface area (TPSA) is 92.6 Å². The maximum absolute atomic E-state index is 13.1. The van der Waals surface area contributed by atoms with E-state index in [0.29, 0.717) is 50.9 Å². The van der Waals surface area contributed by atoms with Gasteiger partial charge in [-0.25, -0.2) is 9.78 Å². The highest BCUT2D eigenvalue weighted by Gasteiger charge is 2.28. The molecule has 2 aliphatic rings. The summed E-state index contributed by atoms with van der Waals surface area (Å²) in [5, 5.41) is 9.81. The zero-order chi connectivity index (χ0) is 24.2. The minimum atomic E-state index is -0.262. The molecular weight excluding hydrogens is 508 g/mol. The van der Waals surface area contributed by atoms with Gasteiger partial charge in [0.2, 0.25) is 0 Å². The number of hydrogen-bond acceptors (Lipinski definition) is 8. The number of nitrogens with one attached hydrogen (secondary N) is 1. The van der Waals surface area contributed by atoms with Gasteiger partial charge in [-0.1, -0.05) is 11.6 Å². The van der Waals surface area contributed by atoms with Crippen LogP contribution in [0.1, 0.15) is 46.2 Å². The summed E-state index contributed by atoms with van der Waals surface area (Å²) in [6.07, 6.45) is 2.61. The van der Waals surface area contributed by atoms with E-state index >= 15 is 0 Å². The fourth-order valence-electron chi connectivity index (χ4n) is 4.47. The number of likely N-dealkylation sites (tertiary alicyclic amines) is 1. The van der Waals surface area contributed by atoms with E-state index in [1.807, 2.05) is 28.0 Å². The average molecular weight is 535 g/mol. The number of amides is 2. The second-order valence-electron chi connectivity index (χ2n) is 8.60. The van der Waals surface area contributed by atoms with Crippen LogP contribution in [0.5, 0.6) is 0 Å². The van der Waals surface area contributed by atoms with Crippen LogP contribution in [-0.4, -0.2) is 75.9 Å². The van der Waals surface area contributed by atoms with Crippen molar-refractivity contribution in [3.63, 3.8) is 0 Å². The van der Waals surface area contributed by atoms with Crippen molar-refractivity contribution in [3.8, 4) is 0 Å². The van der Waals surface area contributed by atoms with E-state index in [-0.39, 0.29) is 17.9 Å². The van der Waals surface area contributed by atoms with Crippen LogP contribution in [-0.2, 0) is 11.3 Å². The predicted octanol–water partition coefficient (Wildman–Crippen LogP) is 4.38. The zero-order valence-corrected chi connectivity index (χ0v) is 21.6. The highest BCUT2D eigenvalue weighted by molar-refractivity contribution is 7.16. The highest BCUT2D eigenvalue weighted by Crippen LogP contribution is 2.30. The summed E-state index contributed by atoms with van der Waals surface area (Å²) in [6.45, 7) is 4.43. The average Bonchev–Trinajstić information content (AvgIpc) is 3.61. The van der Waals surface area contributed by atoms with Gasteiger partial charge in [0.15, 0.2) is 0 Å². The lowest BCUT2D eigenvalue weighted by atomic mass is 9.97. The second-order valence-corrected chi connectivity index (χ2v) is 11.1. The molecule has 186 valence electrons. The highest BCUT2D eigenvalue weighted by atomic mass is 35.5. The number of aromatic nitrogens is 3. The Hall–Kier alpha value is -2.47. The van der Waals surface area contributed by atoms with Gasteiger partial charge in [0.05, 0.1) is 35.3 Å². The van der Waals surface area contributed by atoms with Gasteiger partial charge < -0.3 is 19.9 Å². The molecule has 0 aromatic carbocycles. The molecule has 1 N–H and O–H groups in total. The largest absolute Gasteiger partial charge is 0.378 e. The Morgan fingerprint density at radius 1 is 1.14 bits per heavy atom. The standard InChI is InChI=1S/C23H27ClN6O3S2/c24-20-4-3-17(35-20)13-25-21-12-18(27-30(21)22(31)19-14-34-15-26-19)16-2-1-6-28(7-5-16)23(32)29-8-10-33-11-9-29/h3-4,12,14-16,25H,1-2,5-11,13H2. The van der Waals surface area contributed by atoms with Crippen LogP contribution in [0.2, 0.25) is 4.34 Å². The number of anilines is 1. The molecule has 9 nitrogen and oxygen atoms in total. The van der Waals surface area contributed by atoms with Crippen LogP contribution >= 0.6 is 34.3 Å². The first-order chi connectivity index (χ1) is 17.1. The second kappa shape index (κ2) is 11.1. The maximum atomic E-state index is 13.1. The normalized spacial score (nSPS) is 18.9. The molecule has 5 heterocycles. The van der Waals surface area contributed by atoms with Gasteiger partial charge in [0.1, 0.15) is 11.5 Å². The Morgan fingerprint density at radius 3 is 2.71 bits per heavy atom. The Kier molecular flexibility index (Phi) is 7.66. The van der Waals surface area contributed by atoms with Crippen molar-refractivity contribution in [3.05, 3.63) is 49.7 Å². The van der Waals surface area contributed by atoms with E-state index in [1.165, 1.54) is 27.4 Å². The van der Waals surface area contributed by atoms with Crippen molar-refractivity contribution in [2.24, 2.45) is 0 Å². The first-order valence-electron chi connectivity index (χ1n) is 11.7. The third-order valence-corrected chi connectivity index (χ3v) is 8.16. The van der Waals surface area contributed by atoms with E-state index in [9.17, 15) is 9.59 Å². The first kappa shape index (κ1) is 24.2. The number of rotatable bonds is 5. The summed E-state index contributed by atoms with van der Waals surface area (Å²) >= 11 is 8.95. The Morgan fingerprint density at radius 2 is 1.97 bits per heavy atom. The monoisotopic (exact) mass is 534 g/mol. The Bertz CT molecular complexity index is 1160. The first-order valence-corrected chi connectivity index (χ1v) is 13.8. The number of morpholine rings is 1. The number of carbonyl (C=O) groups is 2. The van der Waals surface area contributed by atoms with Gasteiger partial charge in [0, 0.05) is 48.4 Å². The zero-order valence-electron chi connectivity index (χ0n) is 19.2. The summed E-state index contributed by atoms with van der Waals surface area (Å²) in [6, 6.07) is 5.89. The number of hydrogen-bond donors (Lipinski definition) is 1. The van der Waals surface area contributed by atoms with Crippen LogP contribution in [0.15, 0.2) is 29.1 Å². The van der Waals surface area contributed by atoms with Crippen molar-refractivity contribution >= 4 is 52.0 Å². The summed E-state index contributed by atoms with van der Waals surface area (Å²) in [7, 11) is 0. The third-order valence-electron chi connectivity index (χ3n) is 6.34. The van der Waals surface area contributed by atoms with E-state index in [1.54, 1.807) is 10.9 Å². The molecule has 0 aliphatic carbocycles. The lowest BCUT2D eigenvalue weighted by Crippen LogP contribution is -2.48. The van der Waals surface area contributed by atoms with Gasteiger partial charge >= 0.3 is 6.03 Å². The SMILES string of the molecule is O=C(N1CCOCC1)N1CCCC(c2cc(NCc3ccc(Cl)s3)n(C(=O)c3cscn3)n2)CC1. The van der Waals surface area contributed by atoms with Gasteiger partial charge in [-0.15, -0.1) is 22.7 Å². The van der Waals surface area contributed by atoms with Crippen molar-refractivity contribution < 1.29 is 14.3 Å². The molecule has 2 fully saturated rings. The van der Waals surface area contributed by atoms with Crippen molar-refractivity contribution in [2.45, 2.75) is 31.7 Å². The minimum Gasteiger partial charge on any atom is -0.378 e. The third kappa shape index (κ3) is 5.69. The summed E-state index contributed by atoms with van der Waals surface area (Å²) in [5.74, 6) is 0.536. The maximum Gasteiger partial charge on any atom is 0.320 e. The number of urea groups is 1. The van der Waals surface area contributed by atoms with Crippen LogP contribution in [0, 0.1) is 0 Å². The molecule has 2 aliphatic heterocycles. The summed E-state index contributed by atoms with van der Waals surface area (Å²) in [4.78, 5) is 35.2. The van der Waals surface area contributed by atoms with Crippen molar-refractivity contribution in [2.75, 3.05) is 44.7 Å². The molecule has 0 radical (unpaired) electrons. The molecule has 0 saturated carbocycles. The number of ether oxygens (including phenoxy) is 1. The molecule has 3 aromatic rings. The molecule has 5 rings (SSSR count). The van der Waals surface area contributed by atoms with Gasteiger partial charge in [-0.3, -0.25) is 4.79 Å². The number of carbonyl (C=O) groups excluding carboxylic acids is 2. The molecule has 1 atom stereocenters. The van der Waals surface area contributed by atoms with Gasteiger partial charge in [-0.2, -0.15) is 9.78 Å². The molecule has 3 aromatic heterocycles. The molecule has 2 saturated heterocycles. The number of thiophene rings is 1. The quantitative estimate of drug-likeness (QED) is 0.522. The fraction of sp³-hybridized carbons (Fsp3) is 0.478. The van der Waals surface area contributed by atoms with Crippen LogP contribution in [0.3, 0.4) is 0 Å².